The first-order valence-corrected chi connectivity index (χ1v) is 9.47. The highest BCUT2D eigenvalue weighted by Gasteiger charge is 2.25. The van der Waals surface area contributed by atoms with Gasteiger partial charge >= 0.3 is 0 Å². The molecule has 5 rings (SSSR count). The third kappa shape index (κ3) is 2.93. The van der Waals surface area contributed by atoms with Gasteiger partial charge in [-0.25, -0.2) is 0 Å². The fraction of sp³-hybridized carbons (Fsp3) is 0. The molecule has 0 saturated carbocycles. The number of rotatable bonds is 2. The summed E-state index contributed by atoms with van der Waals surface area (Å²) in [5.74, 6) is -4.79. The average molecular weight is 458 g/mol. The van der Waals surface area contributed by atoms with Gasteiger partial charge in [0, 0.05) is 56.9 Å². The Balaban J connectivity index is 1.90. The second kappa shape index (κ2) is 7.29. The van der Waals surface area contributed by atoms with Crippen molar-refractivity contribution in [2.45, 2.75) is 0 Å². The SMILES string of the molecule is N#Cc1c(-c2cc(F)nc(F)c2)c(=O)c2cc3c(=O)c(-c4cc(F)nc(F)c4)c(C#N)c3cc12. The molecule has 2 aromatic heterocycles. The molecule has 0 unspecified atom stereocenters. The predicted molar refractivity (Wildman–Crippen MR) is 112 cm³/mol. The van der Waals surface area contributed by atoms with Crippen LogP contribution in [-0.2, 0) is 0 Å². The van der Waals surface area contributed by atoms with Gasteiger partial charge in [-0.2, -0.15) is 38.1 Å². The molecule has 0 bridgehead atoms. The van der Waals surface area contributed by atoms with E-state index in [1.54, 1.807) is 0 Å². The van der Waals surface area contributed by atoms with Crippen LogP contribution in [0.1, 0.15) is 11.1 Å². The lowest BCUT2D eigenvalue weighted by atomic mass is 10.0. The van der Waals surface area contributed by atoms with Crippen molar-refractivity contribution < 1.29 is 17.6 Å². The van der Waals surface area contributed by atoms with Gasteiger partial charge in [0.25, 0.3) is 0 Å². The molecule has 5 aromatic rings. The average Bonchev–Trinajstić information content (AvgIpc) is 3.21. The number of fused-ring (bicyclic) bond motifs is 2. The minimum Gasteiger partial charge on any atom is -0.289 e. The molecule has 0 aliphatic heterocycles. The zero-order chi connectivity index (χ0) is 24.3. The van der Waals surface area contributed by atoms with E-state index in [0.717, 1.165) is 30.3 Å². The maximum atomic E-state index is 13.7. The van der Waals surface area contributed by atoms with Gasteiger partial charge in [0.1, 0.15) is 12.1 Å². The number of hydrogen-bond donors (Lipinski definition) is 0. The van der Waals surface area contributed by atoms with Crippen LogP contribution in [0.3, 0.4) is 0 Å². The molecule has 0 spiro atoms. The minimum absolute atomic E-state index is 0.0489. The quantitative estimate of drug-likeness (QED) is 0.292. The van der Waals surface area contributed by atoms with Crippen LogP contribution >= 0.6 is 0 Å². The fourth-order valence-corrected chi connectivity index (χ4v) is 4.16. The lowest BCUT2D eigenvalue weighted by Crippen LogP contribution is -2.03. The number of nitriles is 2. The van der Waals surface area contributed by atoms with Crippen molar-refractivity contribution in [3.05, 3.63) is 91.8 Å². The first kappa shape index (κ1) is 20.9. The molecule has 0 aliphatic rings. The van der Waals surface area contributed by atoms with Crippen LogP contribution in [0, 0.1) is 46.5 Å². The zero-order valence-electron chi connectivity index (χ0n) is 16.6. The van der Waals surface area contributed by atoms with E-state index in [-0.39, 0.29) is 54.9 Å². The smallest absolute Gasteiger partial charge is 0.216 e. The third-order valence-corrected chi connectivity index (χ3v) is 5.47. The van der Waals surface area contributed by atoms with Crippen LogP contribution in [0.25, 0.3) is 43.8 Å². The summed E-state index contributed by atoms with van der Waals surface area (Å²) in [7, 11) is 0. The van der Waals surface area contributed by atoms with Crippen molar-refractivity contribution in [1.29, 1.82) is 10.5 Å². The highest BCUT2D eigenvalue weighted by Crippen LogP contribution is 2.35. The van der Waals surface area contributed by atoms with E-state index in [4.69, 9.17) is 0 Å². The first-order chi connectivity index (χ1) is 16.2. The van der Waals surface area contributed by atoms with Gasteiger partial charge in [0.15, 0.2) is 10.9 Å². The molecular weight excluding hydrogens is 452 g/mol. The summed E-state index contributed by atoms with van der Waals surface area (Å²) in [6.45, 7) is 0. The number of benzene rings is 1. The molecule has 0 N–H and O–H groups in total. The van der Waals surface area contributed by atoms with E-state index in [0.29, 0.717) is 0 Å². The summed E-state index contributed by atoms with van der Waals surface area (Å²) in [6, 6.07) is 9.27. The Morgan fingerprint density at radius 2 is 0.882 bits per heavy atom. The van der Waals surface area contributed by atoms with Gasteiger partial charge in [-0.15, -0.1) is 0 Å². The minimum atomic E-state index is -1.20. The maximum Gasteiger partial charge on any atom is 0.216 e. The fourth-order valence-electron chi connectivity index (χ4n) is 4.16. The van der Waals surface area contributed by atoms with Gasteiger partial charge in [-0.1, -0.05) is 0 Å². The lowest BCUT2D eigenvalue weighted by molar-refractivity contribution is 0.512. The monoisotopic (exact) mass is 458 g/mol. The van der Waals surface area contributed by atoms with Crippen LogP contribution in [0.4, 0.5) is 17.6 Å². The van der Waals surface area contributed by atoms with Gasteiger partial charge in [-0.05, 0) is 23.3 Å². The van der Waals surface area contributed by atoms with Crippen molar-refractivity contribution in [3.8, 4) is 34.4 Å². The molecule has 0 aliphatic carbocycles. The number of pyridine rings is 2. The van der Waals surface area contributed by atoms with Crippen LogP contribution in [0.5, 0.6) is 0 Å². The van der Waals surface area contributed by atoms with Gasteiger partial charge in [0.05, 0.1) is 11.1 Å². The third-order valence-electron chi connectivity index (χ3n) is 5.47. The Morgan fingerprint density at radius 1 is 0.559 bits per heavy atom. The lowest BCUT2D eigenvalue weighted by Gasteiger charge is -2.00. The predicted octanol–water partition coefficient (Wildman–Crippen LogP) is 4.01. The summed E-state index contributed by atoms with van der Waals surface area (Å²) in [4.78, 5) is 32.2. The number of hydrogen-bond acceptors (Lipinski definition) is 6. The normalized spacial score (nSPS) is 11.1. The largest absolute Gasteiger partial charge is 0.289 e. The Morgan fingerprint density at radius 3 is 1.21 bits per heavy atom. The molecule has 0 amide bonds. The standard InChI is InChI=1S/C24H6F4N4O2/c25-17-1-9(2-18(26)31-17)21-15(7-29)11-5-12-14(6-13(11)23(21)33)24(34)22(16(12)8-30)10-3-19(27)32-20(28)4-10/h1-6H. The zero-order valence-corrected chi connectivity index (χ0v) is 16.6. The maximum absolute atomic E-state index is 13.7. The van der Waals surface area contributed by atoms with Crippen molar-refractivity contribution in [3.63, 3.8) is 0 Å². The molecule has 34 heavy (non-hydrogen) atoms. The van der Waals surface area contributed by atoms with Crippen molar-refractivity contribution in [2.75, 3.05) is 0 Å². The number of nitrogens with zero attached hydrogens (tertiary/aromatic N) is 4. The molecule has 0 radical (unpaired) electrons. The van der Waals surface area contributed by atoms with Crippen LogP contribution in [-0.4, -0.2) is 9.97 Å². The van der Waals surface area contributed by atoms with E-state index in [9.17, 15) is 37.7 Å². The molecule has 0 fully saturated rings. The highest BCUT2D eigenvalue weighted by atomic mass is 19.1. The van der Waals surface area contributed by atoms with Crippen LogP contribution in [0.15, 0.2) is 46.0 Å². The number of aromatic nitrogens is 2. The van der Waals surface area contributed by atoms with Crippen molar-refractivity contribution in [1.82, 2.24) is 9.97 Å². The summed E-state index contributed by atoms with van der Waals surface area (Å²) in [6.07, 6.45) is 0. The topological polar surface area (TPSA) is 108 Å². The van der Waals surface area contributed by atoms with Gasteiger partial charge < -0.3 is 0 Å². The summed E-state index contributed by atoms with van der Waals surface area (Å²) in [5, 5.41) is 19.3. The second-order valence-corrected chi connectivity index (χ2v) is 7.33. The summed E-state index contributed by atoms with van der Waals surface area (Å²) in [5.41, 5.74) is -2.95. The van der Waals surface area contributed by atoms with Gasteiger partial charge in [0.2, 0.25) is 23.8 Å². The van der Waals surface area contributed by atoms with E-state index < -0.39 is 34.6 Å². The van der Waals surface area contributed by atoms with E-state index in [1.807, 2.05) is 12.1 Å². The summed E-state index contributed by atoms with van der Waals surface area (Å²) < 4.78 is 54.6. The molecular formula is C24H6F4N4O2. The van der Waals surface area contributed by atoms with Crippen LogP contribution in [0.2, 0.25) is 0 Å². The van der Waals surface area contributed by atoms with Crippen LogP contribution < -0.4 is 10.9 Å². The van der Waals surface area contributed by atoms with E-state index in [2.05, 4.69) is 9.97 Å². The summed E-state index contributed by atoms with van der Waals surface area (Å²) >= 11 is 0. The molecule has 6 nitrogen and oxygen atoms in total. The number of halogens is 4. The molecule has 10 heteroatoms. The highest BCUT2D eigenvalue weighted by molar-refractivity contribution is 6.10. The Bertz CT molecular complexity index is 1700. The Kier molecular flexibility index (Phi) is 4.48. The molecule has 0 atom stereocenters. The van der Waals surface area contributed by atoms with E-state index in [1.165, 1.54) is 6.07 Å². The first-order valence-electron chi connectivity index (χ1n) is 9.47. The second-order valence-electron chi connectivity index (χ2n) is 7.33. The van der Waals surface area contributed by atoms with E-state index >= 15 is 0 Å². The van der Waals surface area contributed by atoms with Crippen molar-refractivity contribution in [2.24, 2.45) is 0 Å². The van der Waals surface area contributed by atoms with Gasteiger partial charge in [-0.3, -0.25) is 9.59 Å². The Labute approximate surface area is 186 Å². The molecule has 2 heterocycles. The Hall–Kier alpha value is -4.96. The molecule has 162 valence electrons. The van der Waals surface area contributed by atoms with Crippen molar-refractivity contribution >= 4 is 21.5 Å². The molecule has 3 aromatic carbocycles. The molecule has 0 saturated heterocycles.